The molecule has 1 aliphatic heterocycles. The van der Waals surface area contributed by atoms with Crippen LogP contribution in [-0.4, -0.2) is 52.9 Å². The number of nitrogens with zero attached hydrogens (tertiary/aromatic N) is 3. The standard InChI is InChI=1S/C20H23FN4O2/c1-14-3-4-16(11-18(14)21)19(26)24-7-9-25(10-8-24)20(27)23-13-17-5-6-22-12-15(17)2/h3-6,11-12H,7-10,13H2,1-2H3,(H,23,27). The van der Waals surface area contributed by atoms with Crippen molar-refractivity contribution in [3.8, 4) is 0 Å². The molecule has 27 heavy (non-hydrogen) atoms. The predicted molar refractivity (Wildman–Crippen MR) is 99.8 cm³/mol. The second kappa shape index (κ2) is 8.16. The lowest BCUT2D eigenvalue weighted by atomic mass is 10.1. The van der Waals surface area contributed by atoms with Gasteiger partial charge in [-0.3, -0.25) is 9.78 Å². The molecule has 1 fully saturated rings. The van der Waals surface area contributed by atoms with Crippen LogP contribution in [0.15, 0.2) is 36.7 Å². The lowest BCUT2D eigenvalue weighted by Crippen LogP contribution is -2.53. The fourth-order valence-electron chi connectivity index (χ4n) is 3.00. The molecule has 7 heteroatoms. The van der Waals surface area contributed by atoms with Crippen molar-refractivity contribution in [1.29, 1.82) is 0 Å². The molecule has 1 saturated heterocycles. The lowest BCUT2D eigenvalue weighted by Gasteiger charge is -2.34. The summed E-state index contributed by atoms with van der Waals surface area (Å²) in [4.78, 5) is 32.3. The van der Waals surface area contributed by atoms with E-state index in [0.717, 1.165) is 11.1 Å². The van der Waals surface area contributed by atoms with Crippen LogP contribution in [0.1, 0.15) is 27.0 Å². The summed E-state index contributed by atoms with van der Waals surface area (Å²) in [6.45, 7) is 5.80. The van der Waals surface area contributed by atoms with Crippen molar-refractivity contribution in [2.75, 3.05) is 26.2 Å². The highest BCUT2D eigenvalue weighted by Gasteiger charge is 2.25. The fraction of sp³-hybridized carbons (Fsp3) is 0.350. The van der Waals surface area contributed by atoms with Crippen molar-refractivity contribution in [3.05, 3.63) is 64.7 Å². The molecule has 0 aliphatic carbocycles. The van der Waals surface area contributed by atoms with E-state index in [0.29, 0.717) is 43.9 Å². The van der Waals surface area contributed by atoms with Gasteiger partial charge >= 0.3 is 6.03 Å². The average molecular weight is 370 g/mol. The molecule has 3 rings (SSSR count). The molecule has 6 nitrogen and oxygen atoms in total. The maximum Gasteiger partial charge on any atom is 0.317 e. The van der Waals surface area contributed by atoms with E-state index in [1.165, 1.54) is 6.07 Å². The van der Waals surface area contributed by atoms with Crippen molar-refractivity contribution < 1.29 is 14.0 Å². The van der Waals surface area contributed by atoms with Crippen LogP contribution in [0, 0.1) is 19.7 Å². The SMILES string of the molecule is Cc1ccc(C(=O)N2CCN(C(=O)NCc3ccncc3C)CC2)cc1F. The second-order valence-electron chi connectivity index (χ2n) is 6.70. The van der Waals surface area contributed by atoms with Crippen molar-refractivity contribution in [2.24, 2.45) is 0 Å². The molecule has 3 amide bonds. The zero-order chi connectivity index (χ0) is 19.4. The Kier molecular flexibility index (Phi) is 5.69. The van der Waals surface area contributed by atoms with Gasteiger partial charge in [0.15, 0.2) is 0 Å². The quantitative estimate of drug-likeness (QED) is 0.903. The number of piperazine rings is 1. The maximum absolute atomic E-state index is 13.7. The first-order valence-electron chi connectivity index (χ1n) is 8.93. The number of nitrogens with one attached hydrogen (secondary N) is 1. The number of hydrogen-bond acceptors (Lipinski definition) is 3. The molecular weight excluding hydrogens is 347 g/mol. The van der Waals surface area contributed by atoms with Crippen LogP contribution in [0.5, 0.6) is 0 Å². The highest BCUT2D eigenvalue weighted by Crippen LogP contribution is 2.13. The minimum Gasteiger partial charge on any atom is -0.335 e. The Labute approximate surface area is 158 Å². The zero-order valence-electron chi connectivity index (χ0n) is 15.5. The topological polar surface area (TPSA) is 65.5 Å². The molecule has 2 heterocycles. The number of pyridine rings is 1. The monoisotopic (exact) mass is 370 g/mol. The molecule has 0 bridgehead atoms. The van der Waals surface area contributed by atoms with Crippen LogP contribution in [0.4, 0.5) is 9.18 Å². The number of carbonyl (C=O) groups excluding carboxylic acids is 2. The van der Waals surface area contributed by atoms with Crippen molar-refractivity contribution in [2.45, 2.75) is 20.4 Å². The number of hydrogen-bond donors (Lipinski definition) is 1. The molecule has 0 unspecified atom stereocenters. The number of aromatic nitrogens is 1. The Morgan fingerprint density at radius 3 is 2.44 bits per heavy atom. The number of urea groups is 1. The minimum atomic E-state index is -0.384. The summed E-state index contributed by atoms with van der Waals surface area (Å²) in [5, 5.41) is 2.91. The number of carbonyl (C=O) groups is 2. The van der Waals surface area contributed by atoms with Gasteiger partial charge in [0.05, 0.1) is 0 Å². The van der Waals surface area contributed by atoms with Gasteiger partial charge in [-0.25, -0.2) is 9.18 Å². The highest BCUT2D eigenvalue weighted by atomic mass is 19.1. The predicted octanol–water partition coefficient (Wildman–Crippen LogP) is 2.51. The highest BCUT2D eigenvalue weighted by molar-refractivity contribution is 5.94. The third-order valence-electron chi connectivity index (χ3n) is 4.84. The van der Waals surface area contributed by atoms with E-state index in [4.69, 9.17) is 0 Å². The van der Waals surface area contributed by atoms with E-state index < -0.39 is 0 Å². The first kappa shape index (κ1) is 18.8. The molecule has 142 valence electrons. The molecule has 0 spiro atoms. The van der Waals surface area contributed by atoms with Gasteiger partial charge in [-0.1, -0.05) is 6.07 Å². The fourth-order valence-corrected chi connectivity index (χ4v) is 3.00. The van der Waals surface area contributed by atoms with Gasteiger partial charge in [-0.05, 0) is 48.7 Å². The summed E-state index contributed by atoms with van der Waals surface area (Å²) in [6.07, 6.45) is 3.46. The lowest BCUT2D eigenvalue weighted by molar-refractivity contribution is 0.0664. The van der Waals surface area contributed by atoms with Crippen LogP contribution < -0.4 is 5.32 Å². The number of benzene rings is 1. The van der Waals surface area contributed by atoms with Gasteiger partial charge < -0.3 is 15.1 Å². The Bertz CT molecular complexity index is 848. The Morgan fingerprint density at radius 2 is 1.78 bits per heavy atom. The van der Waals surface area contributed by atoms with Gasteiger partial charge in [-0.15, -0.1) is 0 Å². The normalized spacial score (nSPS) is 14.2. The Hall–Kier alpha value is -2.96. The second-order valence-corrected chi connectivity index (χ2v) is 6.70. The summed E-state index contributed by atoms with van der Waals surface area (Å²) in [7, 11) is 0. The molecule has 1 aromatic carbocycles. The van der Waals surface area contributed by atoms with Gasteiger partial charge in [-0.2, -0.15) is 0 Å². The number of amides is 3. The number of rotatable bonds is 3. The number of aryl methyl sites for hydroxylation is 2. The van der Waals surface area contributed by atoms with E-state index in [1.54, 1.807) is 41.2 Å². The molecule has 0 saturated carbocycles. The van der Waals surface area contributed by atoms with Gasteiger partial charge in [0.25, 0.3) is 5.91 Å². The van der Waals surface area contributed by atoms with Crippen molar-refractivity contribution in [1.82, 2.24) is 20.1 Å². The zero-order valence-corrected chi connectivity index (χ0v) is 15.5. The third kappa shape index (κ3) is 4.42. The van der Waals surface area contributed by atoms with E-state index in [1.807, 2.05) is 13.0 Å². The minimum absolute atomic E-state index is 0.153. The van der Waals surface area contributed by atoms with Gasteiger partial charge in [0.2, 0.25) is 0 Å². The van der Waals surface area contributed by atoms with E-state index in [9.17, 15) is 14.0 Å². The van der Waals surface area contributed by atoms with Crippen LogP contribution in [0.2, 0.25) is 0 Å². The molecular formula is C20H23FN4O2. The van der Waals surface area contributed by atoms with E-state index in [2.05, 4.69) is 10.3 Å². The van der Waals surface area contributed by atoms with Crippen LogP contribution in [0.25, 0.3) is 0 Å². The Balaban J connectivity index is 1.52. The molecule has 0 radical (unpaired) electrons. The molecule has 1 aliphatic rings. The summed E-state index contributed by atoms with van der Waals surface area (Å²) in [5.41, 5.74) is 2.90. The van der Waals surface area contributed by atoms with E-state index in [-0.39, 0.29) is 17.8 Å². The van der Waals surface area contributed by atoms with Crippen LogP contribution in [-0.2, 0) is 6.54 Å². The number of halogens is 1. The van der Waals surface area contributed by atoms with Crippen molar-refractivity contribution >= 4 is 11.9 Å². The smallest absolute Gasteiger partial charge is 0.317 e. The van der Waals surface area contributed by atoms with Crippen molar-refractivity contribution in [3.63, 3.8) is 0 Å². The van der Waals surface area contributed by atoms with Crippen LogP contribution in [0.3, 0.4) is 0 Å². The largest absolute Gasteiger partial charge is 0.335 e. The summed E-state index contributed by atoms with van der Waals surface area (Å²) >= 11 is 0. The summed E-state index contributed by atoms with van der Waals surface area (Å²) < 4.78 is 13.7. The first-order valence-corrected chi connectivity index (χ1v) is 8.93. The molecule has 1 N–H and O–H groups in total. The molecule has 1 aromatic heterocycles. The van der Waals surface area contributed by atoms with E-state index >= 15 is 0 Å². The van der Waals surface area contributed by atoms with Gasteiger partial charge in [0.1, 0.15) is 5.82 Å². The molecule has 2 aromatic rings. The van der Waals surface area contributed by atoms with Crippen LogP contribution >= 0.6 is 0 Å². The Morgan fingerprint density at radius 1 is 1.07 bits per heavy atom. The first-order chi connectivity index (χ1) is 13.0. The van der Waals surface area contributed by atoms with Gasteiger partial charge in [0, 0.05) is 50.7 Å². The maximum atomic E-state index is 13.7. The molecule has 0 atom stereocenters. The summed E-state index contributed by atoms with van der Waals surface area (Å²) in [6, 6.07) is 6.24. The average Bonchev–Trinajstić information content (AvgIpc) is 2.69. The third-order valence-corrected chi connectivity index (χ3v) is 4.84. The summed E-state index contributed by atoms with van der Waals surface area (Å²) in [5.74, 6) is -0.591.